The van der Waals surface area contributed by atoms with Gasteiger partial charge in [-0.2, -0.15) is 0 Å². The first-order valence-corrected chi connectivity index (χ1v) is 18.4. The van der Waals surface area contributed by atoms with Crippen LogP contribution in [0.5, 0.6) is 0 Å². The molecule has 4 aromatic carbocycles. The van der Waals surface area contributed by atoms with E-state index in [-0.39, 0.29) is 23.9 Å². The van der Waals surface area contributed by atoms with Crippen LogP contribution in [0.2, 0.25) is 0 Å². The Morgan fingerprint density at radius 1 is 0.796 bits per heavy atom. The van der Waals surface area contributed by atoms with Crippen molar-refractivity contribution in [3.8, 4) is 28.2 Å². The number of aliphatic hydroxyl groups is 1. The molecule has 9 rings (SSSR count). The van der Waals surface area contributed by atoms with Gasteiger partial charge in [-0.15, -0.1) is 5.10 Å². The Labute approximate surface area is 311 Å². The normalized spacial score (nSPS) is 17.7. The summed E-state index contributed by atoms with van der Waals surface area (Å²) in [4.78, 5) is 46.6. The fourth-order valence-electron chi connectivity index (χ4n) is 7.78. The third-order valence-electron chi connectivity index (χ3n) is 10.6. The number of likely N-dealkylation sites (tertiary alicyclic amines) is 2. The number of fused-ring (bicyclic) bond motifs is 1. The SMILES string of the molecule is O=C(Cc1ccccc1)N1CCC[C@H]1c1nc2ccc(-n3cc(-c4ccc(-c5cnc([C@@H]6CCCN6C(=O)[C@H](O)c6ccccc6)[nH]5)cc4)nn3)cc2[nH]1. The van der Waals surface area contributed by atoms with Gasteiger partial charge >= 0.3 is 0 Å². The summed E-state index contributed by atoms with van der Waals surface area (Å²) >= 11 is 0. The molecule has 12 nitrogen and oxygen atoms in total. The lowest BCUT2D eigenvalue weighted by Crippen LogP contribution is -2.35. The Morgan fingerprint density at radius 2 is 1.50 bits per heavy atom. The van der Waals surface area contributed by atoms with Gasteiger partial charge in [-0.3, -0.25) is 9.59 Å². The quantitative estimate of drug-likeness (QED) is 0.154. The molecule has 0 unspecified atom stereocenters. The molecule has 12 heteroatoms. The molecule has 5 heterocycles. The Kier molecular flexibility index (Phi) is 8.79. The number of carbonyl (C=O) groups excluding carboxylic acids is 2. The Morgan fingerprint density at radius 3 is 2.28 bits per heavy atom. The molecule has 2 aliphatic heterocycles. The van der Waals surface area contributed by atoms with Crippen molar-refractivity contribution in [1.82, 2.24) is 44.7 Å². The Bertz CT molecular complexity index is 2420. The summed E-state index contributed by atoms with van der Waals surface area (Å²) in [6.07, 6.45) is 6.31. The molecule has 3 N–H and O–H groups in total. The van der Waals surface area contributed by atoms with Crippen LogP contribution in [-0.2, 0) is 16.0 Å². The maximum Gasteiger partial charge on any atom is 0.256 e. The van der Waals surface area contributed by atoms with Gasteiger partial charge in [0.2, 0.25) is 5.91 Å². The molecule has 0 spiro atoms. The van der Waals surface area contributed by atoms with E-state index >= 15 is 0 Å². The smallest absolute Gasteiger partial charge is 0.256 e. The molecule has 2 amide bonds. The van der Waals surface area contributed by atoms with Crippen LogP contribution in [0, 0.1) is 0 Å². The summed E-state index contributed by atoms with van der Waals surface area (Å²) in [6.45, 7) is 1.31. The number of aromatic nitrogens is 7. The van der Waals surface area contributed by atoms with Crippen molar-refractivity contribution in [3.63, 3.8) is 0 Å². The molecule has 2 fully saturated rings. The number of benzene rings is 4. The summed E-state index contributed by atoms with van der Waals surface area (Å²) in [5.41, 5.74) is 7.60. The number of aliphatic hydroxyl groups excluding tert-OH is 1. The first-order chi connectivity index (χ1) is 26.5. The predicted octanol–water partition coefficient (Wildman–Crippen LogP) is 6.50. The number of amides is 2. The molecule has 2 aliphatic rings. The van der Waals surface area contributed by atoms with E-state index in [1.54, 1.807) is 27.9 Å². The van der Waals surface area contributed by atoms with Crippen molar-refractivity contribution in [2.45, 2.75) is 50.3 Å². The highest BCUT2D eigenvalue weighted by atomic mass is 16.3. The zero-order valence-electron chi connectivity index (χ0n) is 29.5. The van der Waals surface area contributed by atoms with Gasteiger partial charge < -0.3 is 24.9 Å². The van der Waals surface area contributed by atoms with Crippen LogP contribution in [-0.4, -0.2) is 74.7 Å². The number of aromatic amines is 2. The molecule has 7 aromatic rings. The molecule has 2 saturated heterocycles. The Hall–Kier alpha value is -6.40. The number of carbonyl (C=O) groups is 2. The summed E-state index contributed by atoms with van der Waals surface area (Å²) in [5.74, 6) is 1.33. The molecule has 3 atom stereocenters. The fraction of sp³-hybridized carbons (Fsp3) is 0.238. The van der Waals surface area contributed by atoms with E-state index < -0.39 is 6.10 Å². The maximum absolute atomic E-state index is 13.3. The second-order valence-electron chi connectivity index (χ2n) is 14.0. The predicted molar refractivity (Wildman–Crippen MR) is 203 cm³/mol. The van der Waals surface area contributed by atoms with Gasteiger partial charge in [-0.25, -0.2) is 14.6 Å². The van der Waals surface area contributed by atoms with Crippen molar-refractivity contribution < 1.29 is 14.7 Å². The van der Waals surface area contributed by atoms with E-state index in [0.29, 0.717) is 24.4 Å². The van der Waals surface area contributed by atoms with Crippen molar-refractivity contribution in [2.24, 2.45) is 0 Å². The van der Waals surface area contributed by atoms with Crippen LogP contribution in [0.15, 0.2) is 116 Å². The van der Waals surface area contributed by atoms with Gasteiger partial charge in [0.25, 0.3) is 5.91 Å². The van der Waals surface area contributed by atoms with Gasteiger partial charge in [-0.05, 0) is 60.6 Å². The zero-order valence-corrected chi connectivity index (χ0v) is 29.5. The molecular formula is C42H39N9O3. The maximum atomic E-state index is 13.3. The van der Waals surface area contributed by atoms with Crippen LogP contribution in [0.4, 0.5) is 0 Å². The highest BCUT2D eigenvalue weighted by molar-refractivity contribution is 5.83. The van der Waals surface area contributed by atoms with Gasteiger partial charge in [-0.1, -0.05) is 90.1 Å². The highest BCUT2D eigenvalue weighted by Gasteiger charge is 2.36. The van der Waals surface area contributed by atoms with Crippen molar-refractivity contribution in [1.29, 1.82) is 0 Å². The van der Waals surface area contributed by atoms with Crippen molar-refractivity contribution in [3.05, 3.63) is 138 Å². The summed E-state index contributed by atoms with van der Waals surface area (Å²) in [7, 11) is 0. The fourth-order valence-corrected chi connectivity index (χ4v) is 7.78. The number of hydrogen-bond donors (Lipinski definition) is 3. The second kappa shape index (κ2) is 14.2. The van der Waals surface area contributed by atoms with E-state index in [0.717, 1.165) is 82.9 Å². The lowest BCUT2D eigenvalue weighted by atomic mass is 10.1. The largest absolute Gasteiger partial charge is 0.378 e. The van der Waals surface area contributed by atoms with Crippen LogP contribution in [0.1, 0.15) is 66.6 Å². The molecule has 0 radical (unpaired) electrons. The van der Waals surface area contributed by atoms with Crippen LogP contribution in [0.25, 0.3) is 39.2 Å². The van der Waals surface area contributed by atoms with E-state index in [1.165, 1.54) is 0 Å². The third-order valence-corrected chi connectivity index (χ3v) is 10.6. The number of nitrogens with zero attached hydrogens (tertiary/aromatic N) is 7. The monoisotopic (exact) mass is 717 g/mol. The first-order valence-electron chi connectivity index (χ1n) is 18.4. The van der Waals surface area contributed by atoms with Crippen LogP contribution >= 0.6 is 0 Å². The molecular weight excluding hydrogens is 679 g/mol. The lowest BCUT2D eigenvalue weighted by Gasteiger charge is -2.25. The van der Waals surface area contributed by atoms with Crippen molar-refractivity contribution >= 4 is 22.8 Å². The van der Waals surface area contributed by atoms with Crippen LogP contribution < -0.4 is 0 Å². The van der Waals surface area contributed by atoms with E-state index in [9.17, 15) is 14.7 Å². The minimum absolute atomic E-state index is 0.0769. The summed E-state index contributed by atoms with van der Waals surface area (Å²) in [5, 5.41) is 19.7. The standard InChI is InChI=1S/C42H39N9O3/c52-38(23-27-9-3-1-4-10-27)49-21-7-14-37(49)41-44-32-20-19-31(24-33(32)45-41)51-26-35(47-48-51)29-17-15-28(16-18-29)34-25-43-40(46-34)36-13-8-22-50(36)42(54)39(53)30-11-5-2-6-12-30/h1-6,9-12,15-20,24-26,36-37,39,53H,7-8,13-14,21-23H2,(H,43,46)(H,44,45)/t36-,37-,39+/m0/s1. The third kappa shape index (κ3) is 6.45. The van der Waals surface area contributed by atoms with Crippen molar-refractivity contribution in [2.75, 3.05) is 13.1 Å². The number of rotatable bonds is 9. The number of hydrogen-bond acceptors (Lipinski definition) is 7. The van der Waals surface area contributed by atoms with Gasteiger partial charge in [0.05, 0.1) is 53.3 Å². The van der Waals surface area contributed by atoms with E-state index in [4.69, 9.17) is 4.98 Å². The minimum atomic E-state index is -1.20. The average molecular weight is 718 g/mol. The van der Waals surface area contributed by atoms with Gasteiger partial charge in [0, 0.05) is 18.7 Å². The first kappa shape index (κ1) is 33.4. The summed E-state index contributed by atoms with van der Waals surface area (Å²) in [6, 6.07) is 32.6. The number of H-pyrrole nitrogens is 2. The topological polar surface area (TPSA) is 149 Å². The highest BCUT2D eigenvalue weighted by Crippen LogP contribution is 2.35. The van der Waals surface area contributed by atoms with Gasteiger partial charge in [0.15, 0.2) is 6.10 Å². The van der Waals surface area contributed by atoms with E-state index in [1.807, 2.05) is 102 Å². The van der Waals surface area contributed by atoms with Gasteiger partial charge in [0.1, 0.15) is 17.3 Å². The second-order valence-corrected chi connectivity index (χ2v) is 14.0. The molecule has 3 aromatic heterocycles. The minimum Gasteiger partial charge on any atom is -0.378 e. The lowest BCUT2D eigenvalue weighted by molar-refractivity contribution is -0.141. The molecule has 0 saturated carbocycles. The van der Waals surface area contributed by atoms with E-state index in [2.05, 4.69) is 25.3 Å². The Balaban J connectivity index is 0.875. The summed E-state index contributed by atoms with van der Waals surface area (Å²) < 4.78 is 1.75. The van der Waals surface area contributed by atoms with Crippen LogP contribution in [0.3, 0.4) is 0 Å². The zero-order chi connectivity index (χ0) is 36.6. The molecule has 54 heavy (non-hydrogen) atoms. The molecule has 0 aliphatic carbocycles. The number of imidazole rings is 2. The number of nitrogens with one attached hydrogen (secondary N) is 2. The molecule has 270 valence electrons. The average Bonchev–Trinajstić information content (AvgIpc) is 4.07. The molecule has 0 bridgehead atoms.